The van der Waals surface area contributed by atoms with Crippen LogP contribution in [0.4, 0.5) is 10.5 Å². The zero-order valence-corrected chi connectivity index (χ0v) is 16.1. The van der Waals surface area contributed by atoms with Gasteiger partial charge in [-0.3, -0.25) is 4.90 Å². The van der Waals surface area contributed by atoms with Crippen molar-refractivity contribution >= 4 is 27.7 Å². The second kappa shape index (κ2) is 10.9. The van der Waals surface area contributed by atoms with E-state index in [1.165, 1.54) is 0 Å². The van der Waals surface area contributed by atoms with Gasteiger partial charge >= 0.3 is 6.09 Å². The summed E-state index contributed by atoms with van der Waals surface area (Å²) < 4.78 is 11.9. The predicted octanol–water partition coefficient (Wildman–Crippen LogP) is 5.41. The Balaban J connectivity index is 2.00. The Kier molecular flexibility index (Phi) is 8.49. The van der Waals surface area contributed by atoms with Crippen molar-refractivity contribution in [3.63, 3.8) is 0 Å². The first-order chi connectivity index (χ1) is 12.2. The van der Waals surface area contributed by atoms with Crippen molar-refractivity contribution in [2.45, 2.75) is 26.4 Å². The molecule has 0 fully saturated rings. The third kappa shape index (κ3) is 6.52. The Morgan fingerprint density at radius 2 is 1.76 bits per heavy atom. The van der Waals surface area contributed by atoms with Crippen LogP contribution >= 0.6 is 15.9 Å². The highest BCUT2D eigenvalue weighted by Gasteiger charge is 2.19. The molecule has 0 unspecified atom stereocenters. The number of hydrogen-bond acceptors (Lipinski definition) is 3. The minimum absolute atomic E-state index is 0.247. The number of carbonyl (C=O) groups is 1. The highest BCUT2D eigenvalue weighted by atomic mass is 79.9. The van der Waals surface area contributed by atoms with E-state index in [2.05, 4.69) is 22.9 Å². The largest absolute Gasteiger partial charge is 0.444 e. The predicted molar refractivity (Wildman–Crippen MR) is 104 cm³/mol. The van der Waals surface area contributed by atoms with Crippen molar-refractivity contribution in [1.29, 1.82) is 0 Å². The normalized spacial score (nSPS) is 10.5. The molecule has 0 aromatic heterocycles. The van der Waals surface area contributed by atoms with Crippen LogP contribution in [0.5, 0.6) is 0 Å². The highest BCUT2D eigenvalue weighted by molar-refractivity contribution is 9.10. The second-order valence-electron chi connectivity index (χ2n) is 5.61. The highest BCUT2D eigenvalue weighted by Crippen LogP contribution is 2.26. The molecule has 25 heavy (non-hydrogen) atoms. The van der Waals surface area contributed by atoms with Crippen molar-refractivity contribution in [1.82, 2.24) is 0 Å². The van der Waals surface area contributed by atoms with E-state index in [0.29, 0.717) is 19.8 Å². The van der Waals surface area contributed by atoms with Crippen LogP contribution in [0.1, 0.15) is 25.3 Å². The lowest BCUT2D eigenvalue weighted by Crippen LogP contribution is -2.34. The molecule has 0 spiro atoms. The molecule has 2 aromatic carbocycles. The van der Waals surface area contributed by atoms with E-state index < -0.39 is 0 Å². The first-order valence-electron chi connectivity index (χ1n) is 8.53. The summed E-state index contributed by atoms with van der Waals surface area (Å²) in [6, 6.07) is 17.3. The number of para-hydroxylation sites is 1. The van der Waals surface area contributed by atoms with Gasteiger partial charge in [-0.05, 0) is 40.0 Å². The van der Waals surface area contributed by atoms with Gasteiger partial charge in [-0.25, -0.2) is 4.79 Å². The number of rotatable bonds is 9. The fourth-order valence-corrected chi connectivity index (χ4v) is 2.78. The number of anilines is 1. The van der Waals surface area contributed by atoms with Gasteiger partial charge in [0.05, 0.1) is 18.8 Å². The average Bonchev–Trinajstić information content (AvgIpc) is 2.64. The Hall–Kier alpha value is -1.85. The number of hydrogen-bond donors (Lipinski definition) is 0. The SMILES string of the molecule is CCCCOCCN(C(=O)OCc1ccccc1)c1ccccc1Br. The maximum atomic E-state index is 12.6. The van der Waals surface area contributed by atoms with E-state index in [0.717, 1.165) is 28.6 Å². The van der Waals surface area contributed by atoms with Gasteiger partial charge in [0.2, 0.25) is 0 Å². The zero-order valence-electron chi connectivity index (χ0n) is 14.5. The maximum Gasteiger partial charge on any atom is 0.414 e. The molecule has 0 saturated carbocycles. The molecule has 0 atom stereocenters. The molecule has 1 amide bonds. The van der Waals surface area contributed by atoms with Crippen molar-refractivity contribution in [2.75, 3.05) is 24.7 Å². The van der Waals surface area contributed by atoms with Gasteiger partial charge in [0.1, 0.15) is 6.61 Å². The van der Waals surface area contributed by atoms with Gasteiger partial charge in [-0.15, -0.1) is 0 Å². The molecule has 0 aliphatic rings. The van der Waals surface area contributed by atoms with Crippen LogP contribution in [-0.2, 0) is 16.1 Å². The number of halogens is 1. The summed E-state index contributed by atoms with van der Waals surface area (Å²) in [6.45, 7) is 4.00. The monoisotopic (exact) mass is 405 g/mol. The standard InChI is InChI=1S/C20H24BrNO3/c1-2-3-14-24-15-13-22(19-12-8-7-11-18(19)21)20(23)25-16-17-9-5-4-6-10-17/h4-12H,2-3,13-16H2,1H3. The number of carbonyl (C=O) groups excluding carboxylic acids is 1. The fourth-order valence-electron chi connectivity index (χ4n) is 2.28. The van der Waals surface area contributed by atoms with E-state index in [4.69, 9.17) is 9.47 Å². The lowest BCUT2D eigenvalue weighted by atomic mass is 10.2. The molecule has 5 heteroatoms. The zero-order chi connectivity index (χ0) is 17.9. The molecule has 2 aromatic rings. The number of nitrogens with zero attached hydrogens (tertiary/aromatic N) is 1. The van der Waals surface area contributed by atoms with Crippen molar-refractivity contribution in [2.24, 2.45) is 0 Å². The van der Waals surface area contributed by atoms with E-state index in [1.807, 2.05) is 54.6 Å². The first kappa shape index (κ1) is 19.5. The van der Waals surface area contributed by atoms with Gasteiger partial charge < -0.3 is 9.47 Å². The van der Waals surface area contributed by atoms with Crippen molar-refractivity contribution in [3.8, 4) is 0 Å². The quantitative estimate of drug-likeness (QED) is 0.523. The molecule has 4 nitrogen and oxygen atoms in total. The minimum atomic E-state index is -0.380. The number of unbranched alkanes of at least 4 members (excludes halogenated alkanes) is 1. The molecule has 0 aliphatic heterocycles. The van der Waals surface area contributed by atoms with E-state index in [9.17, 15) is 4.79 Å². The molecule has 2 rings (SSSR count). The van der Waals surface area contributed by atoms with Crippen LogP contribution in [0.15, 0.2) is 59.1 Å². The molecular formula is C20H24BrNO3. The summed E-state index contributed by atoms with van der Waals surface area (Å²) in [7, 11) is 0. The molecule has 0 N–H and O–H groups in total. The molecule has 0 heterocycles. The average molecular weight is 406 g/mol. The van der Waals surface area contributed by atoms with Crippen LogP contribution in [0.25, 0.3) is 0 Å². The van der Waals surface area contributed by atoms with Gasteiger partial charge in [0, 0.05) is 11.1 Å². The maximum absolute atomic E-state index is 12.6. The Morgan fingerprint density at radius 1 is 1.04 bits per heavy atom. The second-order valence-corrected chi connectivity index (χ2v) is 6.46. The van der Waals surface area contributed by atoms with Gasteiger partial charge in [0.25, 0.3) is 0 Å². The number of ether oxygens (including phenoxy) is 2. The van der Waals surface area contributed by atoms with Crippen LogP contribution in [0.2, 0.25) is 0 Å². The lowest BCUT2D eigenvalue weighted by molar-refractivity contribution is 0.126. The molecule has 0 radical (unpaired) electrons. The molecular weight excluding hydrogens is 382 g/mol. The summed E-state index contributed by atoms with van der Waals surface area (Å²) in [5, 5.41) is 0. The van der Waals surface area contributed by atoms with Crippen LogP contribution in [0.3, 0.4) is 0 Å². The Labute approximate surface area is 157 Å². The smallest absolute Gasteiger partial charge is 0.414 e. The van der Waals surface area contributed by atoms with Gasteiger partial charge in [0.15, 0.2) is 0 Å². The van der Waals surface area contributed by atoms with Crippen LogP contribution in [0, 0.1) is 0 Å². The fraction of sp³-hybridized carbons (Fsp3) is 0.350. The van der Waals surface area contributed by atoms with Gasteiger partial charge in [-0.1, -0.05) is 55.8 Å². The van der Waals surface area contributed by atoms with Crippen LogP contribution < -0.4 is 4.90 Å². The minimum Gasteiger partial charge on any atom is -0.444 e. The van der Waals surface area contributed by atoms with Crippen LogP contribution in [-0.4, -0.2) is 25.9 Å². The first-order valence-corrected chi connectivity index (χ1v) is 9.32. The molecule has 134 valence electrons. The summed E-state index contributed by atoms with van der Waals surface area (Å²) in [4.78, 5) is 14.2. The summed E-state index contributed by atoms with van der Waals surface area (Å²) in [5.41, 5.74) is 1.74. The van der Waals surface area contributed by atoms with Crippen molar-refractivity contribution in [3.05, 3.63) is 64.6 Å². The topological polar surface area (TPSA) is 38.8 Å². The third-order valence-electron chi connectivity index (χ3n) is 3.67. The summed E-state index contributed by atoms with van der Waals surface area (Å²) in [5.74, 6) is 0. The van der Waals surface area contributed by atoms with E-state index >= 15 is 0 Å². The number of amides is 1. The molecule has 0 bridgehead atoms. The lowest BCUT2D eigenvalue weighted by Gasteiger charge is -2.23. The Bertz CT molecular complexity index is 648. The van der Waals surface area contributed by atoms with Gasteiger partial charge in [-0.2, -0.15) is 0 Å². The molecule has 0 aliphatic carbocycles. The summed E-state index contributed by atoms with van der Waals surface area (Å²) >= 11 is 3.50. The van der Waals surface area contributed by atoms with E-state index in [-0.39, 0.29) is 12.7 Å². The summed E-state index contributed by atoms with van der Waals surface area (Å²) in [6.07, 6.45) is 1.73. The van der Waals surface area contributed by atoms with E-state index in [1.54, 1.807) is 4.90 Å². The number of benzene rings is 2. The Morgan fingerprint density at radius 3 is 2.48 bits per heavy atom. The third-order valence-corrected chi connectivity index (χ3v) is 4.34. The molecule has 0 saturated heterocycles. The van der Waals surface area contributed by atoms with Crippen molar-refractivity contribution < 1.29 is 14.3 Å².